The van der Waals surface area contributed by atoms with Gasteiger partial charge in [0, 0.05) is 84.2 Å². The van der Waals surface area contributed by atoms with Crippen LogP contribution in [0.2, 0.25) is 30.1 Å². The van der Waals surface area contributed by atoms with Gasteiger partial charge < -0.3 is 74.2 Å². The highest BCUT2D eigenvalue weighted by molar-refractivity contribution is 6.67. The van der Waals surface area contributed by atoms with Crippen LogP contribution in [0.5, 0.6) is 0 Å². The fourth-order valence-electron chi connectivity index (χ4n) is 16.5. The predicted molar refractivity (Wildman–Crippen MR) is 585 cm³/mol. The zero-order chi connectivity index (χ0) is 102. The number of benzene rings is 5. The molecular formula is C113H167Cl7N10O10. The summed E-state index contributed by atoms with van der Waals surface area (Å²) in [4.78, 5) is 70.4. The Kier molecular flexibility index (Phi) is 56.4. The Balaban J connectivity index is 0.000000262. The van der Waals surface area contributed by atoms with Crippen molar-refractivity contribution < 1.29 is 46.7 Å². The third kappa shape index (κ3) is 48.4. The molecule has 0 saturated carbocycles. The van der Waals surface area contributed by atoms with Gasteiger partial charge in [0.1, 0.15) is 40.0 Å². The first kappa shape index (κ1) is 122. The Bertz CT molecular complexity index is 4840. The van der Waals surface area contributed by atoms with Crippen molar-refractivity contribution >= 4 is 111 Å². The van der Waals surface area contributed by atoms with Crippen LogP contribution >= 0.6 is 81.2 Å². The lowest BCUT2D eigenvalue weighted by Gasteiger charge is -2.38. The molecule has 0 unspecified atom stereocenters. The molecule has 0 aliphatic carbocycles. The number of likely N-dealkylation sites (tertiary alicyclic amines) is 4. The molecule has 27 heteroatoms. The smallest absolute Gasteiger partial charge is 0.407 e. The molecule has 6 N–H and O–H groups in total. The normalized spacial score (nSPS) is 15.6. The second-order valence-electron chi connectivity index (χ2n) is 41.2. The Labute approximate surface area is 875 Å². The van der Waals surface area contributed by atoms with Crippen LogP contribution in [0.1, 0.15) is 301 Å². The van der Waals surface area contributed by atoms with Gasteiger partial charge in [-0.2, -0.15) is 0 Å². The number of rotatable bonds is 34. The van der Waals surface area contributed by atoms with Crippen molar-refractivity contribution in [3.05, 3.63) is 209 Å². The van der Waals surface area contributed by atoms with Crippen LogP contribution in [0.4, 0.5) is 9.59 Å². The van der Waals surface area contributed by atoms with Crippen molar-refractivity contribution in [2.75, 3.05) is 91.6 Å². The van der Waals surface area contributed by atoms with E-state index >= 15 is 0 Å². The van der Waals surface area contributed by atoms with E-state index in [4.69, 9.17) is 110 Å². The zero-order valence-corrected chi connectivity index (χ0v) is 91.3. The van der Waals surface area contributed by atoms with Gasteiger partial charge in [-0.3, -0.25) is 14.4 Å². The zero-order valence-electron chi connectivity index (χ0n) is 86.0. The first-order valence-corrected chi connectivity index (χ1v) is 53.7. The van der Waals surface area contributed by atoms with Crippen LogP contribution in [0.25, 0.3) is 34.0 Å². The van der Waals surface area contributed by atoms with Crippen molar-refractivity contribution in [3.8, 4) is 34.0 Å². The number of nitrogens with zero attached hydrogens (tertiary/aromatic N) is 5. The number of hydrogen-bond acceptors (Lipinski definition) is 17. The van der Waals surface area contributed by atoms with E-state index in [1.165, 1.54) is 147 Å². The molecule has 3 amide bonds. The molecule has 5 aromatic carbocycles. The summed E-state index contributed by atoms with van der Waals surface area (Å²) in [7, 11) is 0. The number of hydrogen-bond donors (Lipinski definition) is 5. The topological polar surface area (TPSA) is 234 Å². The van der Waals surface area contributed by atoms with E-state index in [9.17, 15) is 24.0 Å². The highest BCUT2D eigenvalue weighted by atomic mass is 35.5. The molecular weight excluding hydrogens is 1910 g/mol. The second kappa shape index (κ2) is 64.8. The lowest BCUT2D eigenvalue weighted by Crippen LogP contribution is -2.47. The highest BCUT2D eigenvalue weighted by Gasteiger charge is 2.32. The molecule has 140 heavy (non-hydrogen) atoms. The Morgan fingerprint density at radius 3 is 1.18 bits per heavy atom. The maximum Gasteiger partial charge on any atom is 0.407 e. The first-order chi connectivity index (χ1) is 66.2. The number of alkyl carbamates (subject to hydrolysis) is 2. The van der Waals surface area contributed by atoms with Crippen molar-refractivity contribution in [2.24, 2.45) is 29.4 Å². The molecule has 13 rings (SSSR count). The van der Waals surface area contributed by atoms with Gasteiger partial charge in [0.2, 0.25) is 0 Å². The fourth-order valence-corrected chi connectivity index (χ4v) is 17.5. The number of carbonyl (C=O) groups excluding carboxylic acids is 5. The van der Waals surface area contributed by atoms with Gasteiger partial charge in [-0.1, -0.05) is 196 Å². The third-order valence-electron chi connectivity index (χ3n) is 25.0. The number of furan rings is 3. The van der Waals surface area contributed by atoms with Crippen LogP contribution in [0.15, 0.2) is 153 Å². The number of piperidine rings is 5. The van der Waals surface area contributed by atoms with Gasteiger partial charge >= 0.3 is 12.2 Å². The Morgan fingerprint density at radius 1 is 0.450 bits per heavy atom. The van der Waals surface area contributed by atoms with Crippen LogP contribution in [-0.2, 0) is 35.4 Å². The van der Waals surface area contributed by atoms with E-state index in [2.05, 4.69) is 122 Å². The third-order valence-corrected chi connectivity index (χ3v) is 27.5. The summed E-state index contributed by atoms with van der Waals surface area (Å²) < 4.78 is 27.9. The van der Waals surface area contributed by atoms with Crippen LogP contribution in [0.3, 0.4) is 0 Å². The number of unbranched alkanes of at least 4 members (excludes halogenated alkanes) is 4. The number of nitrogens with two attached hydrogens (primary N) is 1. The highest BCUT2D eigenvalue weighted by Crippen LogP contribution is 2.35. The number of nitrogens with one attached hydrogen (secondary N) is 4. The standard InChI is InChI=1S/C33H42Cl2N2O2.C21H28Cl2N2O.C15H30N2O2.C12H15ClO.C11H6Cl2O2.C10H20N2O2.C10H22N2.CH4/c1-4-5-6-7-25-8-10-26(11-9-25)33(38)37(28-17-20-36(21-18-28)19-16-24(2)3)23-29-13-15-32(39-29)27-12-14-30(34)31(35)22-27;1-15(2)7-10-25-11-8-17(9-12-25)24-14-18-4-6-21(26-18)16-3-5-19(22)20(23)13-16;1-12(2)6-9-17-10-7-13(8-11-17)16-14(18)19-15(3,4)5;1-2-3-4-5-10-6-8-11(9-7-10)12(13)14;12-9-3-1-7(5-10(9)13)11-4-2-8(6-14)15-11;1-10(2,3)14-9(13)12-8-4-6-11-7-5-8;1-9(2)3-6-12-7-4-10(11)5-8-12;/h8-15,22,24,28H,4-7,16-21,23H2,1-3H3;3-6,13,15,17,24H,7-12,14H2,1-2H3;12-13H,6-11H2,1-5H3,(H,16,18);6-9H,2-5H2,1H3;1-6H;8,11H,4-7H2,1-3H3,(H,12,13);9-10H,3-8,11H2,1-2H3;1H4. The number of halogens is 7. The minimum absolute atomic E-state index is 0. The molecule has 8 aromatic rings. The monoisotopic (exact) mass is 2070 g/mol. The van der Waals surface area contributed by atoms with Crippen LogP contribution in [0, 0.1) is 23.7 Å². The van der Waals surface area contributed by atoms with Gasteiger partial charge in [-0.05, 0) is 384 Å². The molecule has 0 atom stereocenters. The van der Waals surface area contributed by atoms with Gasteiger partial charge in [-0.15, -0.1) is 0 Å². The van der Waals surface area contributed by atoms with E-state index in [1.807, 2.05) is 119 Å². The molecule has 778 valence electrons. The summed E-state index contributed by atoms with van der Waals surface area (Å²) in [6.45, 7) is 50.9. The van der Waals surface area contributed by atoms with Crippen molar-refractivity contribution in [3.63, 3.8) is 0 Å². The minimum atomic E-state index is -0.415. The summed E-state index contributed by atoms with van der Waals surface area (Å²) in [5.41, 5.74) is 11.5. The first-order valence-electron chi connectivity index (χ1n) is 51.1. The van der Waals surface area contributed by atoms with Gasteiger partial charge in [0.15, 0.2) is 12.0 Å². The molecule has 0 radical (unpaired) electrons. The molecule has 20 nitrogen and oxygen atoms in total. The largest absolute Gasteiger partial charge is 0.460 e. The predicted octanol–water partition coefficient (Wildman–Crippen LogP) is 29.2. The summed E-state index contributed by atoms with van der Waals surface area (Å²) in [6, 6.07) is 45.0. The second-order valence-corrected chi connectivity index (χ2v) is 44.0. The lowest BCUT2D eigenvalue weighted by molar-refractivity contribution is 0.0472. The van der Waals surface area contributed by atoms with Crippen molar-refractivity contribution in [2.45, 2.75) is 314 Å². The SMILES string of the molecule is C.CC(C)(C)OC(=O)NC1CCNCC1.CC(C)CCN1CCC(N)CC1.CC(C)CCN1CCC(NC(=O)OC(C)(C)C)CC1.CC(C)CCN1CCC(NCc2ccc(-c3ccc(Cl)c(Cl)c3)o2)CC1.CCCCCc1ccc(C(=O)Cl)cc1.CCCCCc1ccc(C(=O)N(Cc2ccc(-c3ccc(Cl)c(Cl)c3)o2)C2CCN(CCC(C)C)CC2)cc1.O=Cc1ccc(-c2ccc(Cl)c(Cl)c2)o1. The van der Waals surface area contributed by atoms with E-state index < -0.39 is 11.2 Å². The molecule has 5 aliphatic heterocycles. The van der Waals surface area contributed by atoms with Gasteiger partial charge in [0.05, 0.1) is 43.2 Å². The van der Waals surface area contributed by atoms with E-state index in [1.54, 1.807) is 54.6 Å². The molecule has 3 aromatic heterocycles. The molecule has 5 saturated heterocycles. The Morgan fingerprint density at radius 2 is 0.807 bits per heavy atom. The van der Waals surface area contributed by atoms with E-state index in [0.717, 1.165) is 167 Å². The fraction of sp³-hybridized carbons (Fsp3) is 0.584. The average molecular weight is 2070 g/mol. The maximum atomic E-state index is 13.9. The molecule has 5 aliphatic rings. The van der Waals surface area contributed by atoms with Gasteiger partial charge in [-0.25, -0.2) is 9.59 Å². The maximum absolute atomic E-state index is 13.9. The number of aryl methyl sites for hydroxylation is 2. The molecule has 0 bridgehead atoms. The number of aldehydes is 1. The minimum Gasteiger partial charge on any atom is -0.460 e. The summed E-state index contributed by atoms with van der Waals surface area (Å²) in [5, 5.41) is 15.4. The number of amides is 3. The summed E-state index contributed by atoms with van der Waals surface area (Å²) in [6.07, 6.45) is 25.4. The average Bonchev–Trinajstić information content (AvgIpc) is 1.58. The lowest BCUT2D eigenvalue weighted by atomic mass is 10.00. The van der Waals surface area contributed by atoms with E-state index in [0.29, 0.717) is 72.3 Å². The van der Waals surface area contributed by atoms with Gasteiger partial charge in [0.25, 0.3) is 11.1 Å². The van der Waals surface area contributed by atoms with Crippen LogP contribution in [-0.4, -0.2) is 187 Å². The van der Waals surface area contributed by atoms with Crippen molar-refractivity contribution in [1.29, 1.82) is 0 Å². The number of ether oxygens (including phenoxy) is 2. The Hall–Kier alpha value is -6.96. The molecule has 0 spiro atoms. The van der Waals surface area contributed by atoms with Crippen LogP contribution < -0.4 is 27.0 Å². The molecule has 8 heterocycles. The quantitative estimate of drug-likeness (QED) is 0.0143. The molecule has 5 fully saturated rings. The van der Waals surface area contributed by atoms with Crippen molar-refractivity contribution in [1.82, 2.24) is 45.8 Å². The summed E-state index contributed by atoms with van der Waals surface area (Å²) >= 11 is 41.4. The number of carbonyl (C=O) groups is 5. The summed E-state index contributed by atoms with van der Waals surface area (Å²) in [5.74, 6) is 7.30. The van der Waals surface area contributed by atoms with E-state index in [-0.39, 0.29) is 54.6 Å².